The van der Waals surface area contributed by atoms with Crippen molar-refractivity contribution in [3.05, 3.63) is 12.7 Å². The number of nitrogens with zero attached hydrogens (tertiary/aromatic N) is 4. The highest BCUT2D eigenvalue weighted by molar-refractivity contribution is 7.36. The first-order valence-corrected chi connectivity index (χ1v) is 10.6. The lowest BCUT2D eigenvalue weighted by atomic mass is 10.1. The number of anilines is 1. The van der Waals surface area contributed by atoms with E-state index in [0.29, 0.717) is 23.4 Å². The predicted octanol–water partition coefficient (Wildman–Crippen LogP) is 1.94. The van der Waals surface area contributed by atoms with E-state index in [4.69, 9.17) is 19.7 Å². The summed E-state index contributed by atoms with van der Waals surface area (Å²) in [6, 6.07) is -0.736. The number of aromatic nitrogens is 4. The van der Waals surface area contributed by atoms with E-state index >= 15 is 0 Å². The number of carbonyl (C=O) groups excluding carboxylic acids is 1. The first-order valence-electron chi connectivity index (χ1n) is 9.41. The van der Waals surface area contributed by atoms with Gasteiger partial charge in [0.1, 0.15) is 30.7 Å². The molecular weight excluding hydrogens is 399 g/mol. The van der Waals surface area contributed by atoms with Gasteiger partial charge in [0.05, 0.1) is 18.5 Å². The number of fused-ring (bicyclic) bond motifs is 1. The van der Waals surface area contributed by atoms with Gasteiger partial charge in [0.2, 0.25) is 0 Å². The summed E-state index contributed by atoms with van der Waals surface area (Å²) in [6.07, 6.45) is 2.93. The minimum Gasteiger partial charge on any atom is -0.462 e. The second-order valence-electron chi connectivity index (χ2n) is 7.33. The van der Waals surface area contributed by atoms with Crippen molar-refractivity contribution in [1.82, 2.24) is 24.6 Å². The summed E-state index contributed by atoms with van der Waals surface area (Å²) in [7, 11) is -2.24. The number of hydrogen-bond donors (Lipinski definition) is 2. The Kier molecular flexibility index (Phi) is 6.74. The highest BCUT2D eigenvalue weighted by Crippen LogP contribution is 2.36. The van der Waals surface area contributed by atoms with E-state index in [0.717, 1.165) is 0 Å². The lowest BCUT2D eigenvalue weighted by Crippen LogP contribution is -2.33. The molecule has 1 unspecified atom stereocenters. The van der Waals surface area contributed by atoms with Crippen LogP contribution in [-0.2, 0) is 23.4 Å². The zero-order valence-electron chi connectivity index (χ0n) is 16.8. The Labute approximate surface area is 169 Å². The van der Waals surface area contributed by atoms with E-state index in [1.165, 1.54) is 6.33 Å². The molecule has 2 aromatic heterocycles. The third kappa shape index (κ3) is 5.05. The Morgan fingerprint density at radius 2 is 2.17 bits per heavy atom. The van der Waals surface area contributed by atoms with Gasteiger partial charge in [-0.15, -0.1) is 4.52 Å². The van der Waals surface area contributed by atoms with Crippen LogP contribution in [0, 0.1) is 5.92 Å². The minimum absolute atomic E-state index is 0.124. The van der Waals surface area contributed by atoms with Gasteiger partial charge in [-0.05, 0) is 31.8 Å². The zero-order valence-corrected chi connectivity index (χ0v) is 17.7. The van der Waals surface area contributed by atoms with E-state index in [2.05, 4.69) is 20.0 Å². The van der Waals surface area contributed by atoms with Crippen LogP contribution in [0.1, 0.15) is 40.3 Å². The third-order valence-corrected chi connectivity index (χ3v) is 5.48. The van der Waals surface area contributed by atoms with E-state index < -0.39 is 20.2 Å². The first kappa shape index (κ1) is 21.5. The number of ether oxygens (including phenoxy) is 2. The average molecular weight is 425 g/mol. The molecule has 5 atom stereocenters. The fourth-order valence-corrected chi connectivity index (χ4v) is 3.95. The maximum Gasteiger partial charge on any atom is 0.613 e. The highest BCUT2D eigenvalue weighted by Gasteiger charge is 2.37. The van der Waals surface area contributed by atoms with Gasteiger partial charge in [0.15, 0.2) is 11.5 Å². The smallest absolute Gasteiger partial charge is 0.462 e. The summed E-state index contributed by atoms with van der Waals surface area (Å²) >= 11 is 0. The van der Waals surface area contributed by atoms with Crippen molar-refractivity contribution >= 4 is 31.1 Å². The number of carbonyl (C=O) groups is 1. The van der Waals surface area contributed by atoms with Gasteiger partial charge in [-0.25, -0.2) is 15.0 Å². The normalized spacial score (nSPS) is 23.5. The van der Waals surface area contributed by atoms with Gasteiger partial charge in [-0.1, -0.05) is 12.0 Å². The Morgan fingerprint density at radius 1 is 1.41 bits per heavy atom. The lowest BCUT2D eigenvalue weighted by molar-refractivity contribution is -0.149. The Balaban J connectivity index is 1.54. The lowest BCUT2D eigenvalue weighted by Gasteiger charge is -2.17. The Hall–Kier alpha value is -2.20. The largest absolute Gasteiger partial charge is 0.613 e. The summed E-state index contributed by atoms with van der Waals surface area (Å²) in [5, 5.41) is 2.60. The van der Waals surface area contributed by atoms with Gasteiger partial charge in [0.25, 0.3) is 0 Å². The fourth-order valence-electron chi connectivity index (χ4n) is 3.15. The van der Waals surface area contributed by atoms with Crippen LogP contribution in [0.15, 0.2) is 12.7 Å². The quantitative estimate of drug-likeness (QED) is 0.475. The molecule has 0 radical (unpaired) electrons. The van der Waals surface area contributed by atoms with E-state index in [1.54, 1.807) is 27.1 Å². The van der Waals surface area contributed by atoms with Crippen LogP contribution in [0.25, 0.3) is 11.2 Å². The van der Waals surface area contributed by atoms with Gasteiger partial charge < -0.3 is 15.2 Å². The summed E-state index contributed by atoms with van der Waals surface area (Å²) in [6.45, 7) is 7.24. The van der Waals surface area contributed by atoms with Crippen LogP contribution in [0.4, 0.5) is 5.82 Å². The summed E-state index contributed by atoms with van der Waals surface area (Å²) in [5.41, 5.74) is 6.96. The molecule has 2 aromatic rings. The van der Waals surface area contributed by atoms with Crippen molar-refractivity contribution < 1.29 is 23.4 Å². The molecule has 0 aliphatic carbocycles. The Bertz CT molecular complexity index is 890. The van der Waals surface area contributed by atoms with Crippen LogP contribution >= 0.6 is 8.18 Å². The highest BCUT2D eigenvalue weighted by atomic mass is 31.1. The SMILES string of the molecule is CC(C)OC(=O)[C@@H](C)N[P+](=O)OC[C@@H]1C[C@H](C)[C@H](n2cnc3c(N)ncnc32)O1. The molecule has 1 aliphatic heterocycles. The molecule has 1 fully saturated rings. The maximum atomic E-state index is 12.1. The van der Waals surface area contributed by atoms with Crippen molar-refractivity contribution in [2.45, 2.75) is 58.6 Å². The average Bonchev–Trinajstić information content (AvgIpc) is 3.23. The summed E-state index contributed by atoms with van der Waals surface area (Å²) < 4.78 is 30.4. The number of esters is 1. The van der Waals surface area contributed by atoms with Crippen molar-refractivity contribution in [2.75, 3.05) is 12.3 Å². The number of imidazole rings is 1. The van der Waals surface area contributed by atoms with Gasteiger partial charge >= 0.3 is 14.1 Å². The maximum absolute atomic E-state index is 12.1. The van der Waals surface area contributed by atoms with Crippen LogP contribution in [0.2, 0.25) is 0 Å². The fraction of sp³-hybridized carbons (Fsp3) is 0.647. The van der Waals surface area contributed by atoms with Gasteiger partial charge in [0, 0.05) is 5.92 Å². The first-order chi connectivity index (χ1) is 13.8. The van der Waals surface area contributed by atoms with E-state index in [-0.39, 0.29) is 31.0 Å². The second-order valence-corrected chi connectivity index (χ2v) is 8.36. The molecule has 0 aromatic carbocycles. The molecule has 12 heteroatoms. The van der Waals surface area contributed by atoms with Crippen molar-refractivity contribution in [3.63, 3.8) is 0 Å². The second kappa shape index (κ2) is 9.08. The molecule has 158 valence electrons. The summed E-state index contributed by atoms with van der Waals surface area (Å²) in [5.74, 6) is -0.0126. The molecule has 3 rings (SSSR count). The van der Waals surface area contributed by atoms with Gasteiger partial charge in [-0.2, -0.15) is 0 Å². The molecule has 11 nitrogen and oxygen atoms in total. The monoisotopic (exact) mass is 425 g/mol. The van der Waals surface area contributed by atoms with Crippen LogP contribution < -0.4 is 10.8 Å². The predicted molar refractivity (Wildman–Crippen MR) is 105 cm³/mol. The standard InChI is InChI=1S/C17H26N6O5P/c1-9(2)27-17(24)11(4)22-29(25)26-6-12-5-10(3)16(28-12)23-8-21-13-14(18)19-7-20-15(13)23/h7-12,16H,5-6H2,1-4H3,(H,22,25)(H2,18,19,20)/q+1/t10-,11+,12-,16+/m0/s1. The molecule has 0 spiro atoms. The van der Waals surface area contributed by atoms with E-state index in [1.807, 2.05) is 11.5 Å². The number of nitrogens with two attached hydrogens (primary N) is 1. The van der Waals surface area contributed by atoms with Crippen molar-refractivity contribution in [1.29, 1.82) is 0 Å². The van der Waals surface area contributed by atoms with Crippen molar-refractivity contribution in [2.24, 2.45) is 5.92 Å². The minimum atomic E-state index is -2.24. The molecule has 0 saturated carbocycles. The van der Waals surface area contributed by atoms with Crippen LogP contribution in [-0.4, -0.2) is 50.3 Å². The number of nitrogens with one attached hydrogen (secondary N) is 1. The van der Waals surface area contributed by atoms with E-state index in [9.17, 15) is 9.36 Å². The molecule has 0 amide bonds. The topological polar surface area (TPSA) is 143 Å². The molecule has 0 bridgehead atoms. The number of nitrogen functional groups attached to an aromatic ring is 1. The number of rotatable bonds is 8. The number of hydrogen-bond acceptors (Lipinski definition) is 9. The van der Waals surface area contributed by atoms with Crippen LogP contribution in [0.5, 0.6) is 0 Å². The molecule has 29 heavy (non-hydrogen) atoms. The molecule has 3 N–H and O–H groups in total. The van der Waals surface area contributed by atoms with Crippen LogP contribution in [0.3, 0.4) is 0 Å². The third-order valence-electron chi connectivity index (χ3n) is 4.50. The molecule has 1 aliphatic rings. The zero-order chi connectivity index (χ0) is 21.1. The molecule has 3 heterocycles. The van der Waals surface area contributed by atoms with Gasteiger partial charge in [-0.3, -0.25) is 9.36 Å². The molecule has 1 saturated heterocycles. The Morgan fingerprint density at radius 3 is 2.90 bits per heavy atom. The summed E-state index contributed by atoms with van der Waals surface area (Å²) in [4.78, 5) is 24.2. The molecular formula is C17H26N6O5P+. The van der Waals surface area contributed by atoms with Crippen molar-refractivity contribution in [3.8, 4) is 0 Å².